The van der Waals surface area contributed by atoms with Gasteiger partial charge in [-0.1, -0.05) is 25.1 Å². The maximum atomic E-state index is 12.1. The Morgan fingerprint density at radius 3 is 2.79 bits per heavy atom. The summed E-state index contributed by atoms with van der Waals surface area (Å²) in [5, 5.41) is 1.18. The van der Waals surface area contributed by atoms with Gasteiger partial charge >= 0.3 is 0 Å². The summed E-state index contributed by atoms with van der Waals surface area (Å²) in [4.78, 5) is 17.2. The standard InChI is InChI=1S/C15H21N3O/c1-10(8-16)15(19)18(3)9-13-11(2)17-14-7-5-4-6-12(13)14/h4-7,10,17H,8-9,16H2,1-3H3. The van der Waals surface area contributed by atoms with E-state index >= 15 is 0 Å². The van der Waals surface area contributed by atoms with E-state index in [0.717, 1.165) is 11.2 Å². The summed E-state index contributed by atoms with van der Waals surface area (Å²) in [6.07, 6.45) is 0. The first-order chi connectivity index (χ1) is 9.04. The zero-order chi connectivity index (χ0) is 14.0. The Morgan fingerprint density at radius 2 is 2.11 bits per heavy atom. The van der Waals surface area contributed by atoms with Crippen LogP contribution in [0.25, 0.3) is 10.9 Å². The van der Waals surface area contributed by atoms with Crippen molar-refractivity contribution < 1.29 is 4.79 Å². The molecule has 1 amide bonds. The average Bonchev–Trinajstić information content (AvgIpc) is 2.73. The van der Waals surface area contributed by atoms with Crippen molar-refractivity contribution in [2.75, 3.05) is 13.6 Å². The number of nitrogens with two attached hydrogens (primary N) is 1. The second-order valence-electron chi connectivity index (χ2n) is 5.11. The number of amides is 1. The summed E-state index contributed by atoms with van der Waals surface area (Å²) < 4.78 is 0. The number of hydrogen-bond acceptors (Lipinski definition) is 2. The van der Waals surface area contributed by atoms with E-state index in [2.05, 4.69) is 17.1 Å². The minimum absolute atomic E-state index is 0.0900. The minimum atomic E-state index is -0.129. The molecule has 0 spiro atoms. The highest BCUT2D eigenvalue weighted by Crippen LogP contribution is 2.23. The van der Waals surface area contributed by atoms with Gasteiger partial charge in [-0.05, 0) is 18.6 Å². The third-order valence-corrected chi connectivity index (χ3v) is 3.57. The number of carbonyl (C=O) groups is 1. The molecule has 1 aromatic heterocycles. The Kier molecular flexibility index (Phi) is 3.90. The van der Waals surface area contributed by atoms with E-state index in [4.69, 9.17) is 5.73 Å². The van der Waals surface area contributed by atoms with Gasteiger partial charge in [-0.25, -0.2) is 0 Å². The zero-order valence-electron chi connectivity index (χ0n) is 11.7. The third-order valence-electron chi connectivity index (χ3n) is 3.57. The van der Waals surface area contributed by atoms with Gasteiger partial charge < -0.3 is 15.6 Å². The summed E-state index contributed by atoms with van der Waals surface area (Å²) in [5.74, 6) is -0.0392. The number of hydrogen-bond donors (Lipinski definition) is 2. The monoisotopic (exact) mass is 259 g/mol. The number of rotatable bonds is 4. The van der Waals surface area contributed by atoms with E-state index in [1.165, 1.54) is 10.9 Å². The molecular formula is C15H21N3O. The van der Waals surface area contributed by atoms with Crippen molar-refractivity contribution >= 4 is 16.8 Å². The van der Waals surface area contributed by atoms with Gasteiger partial charge in [-0.3, -0.25) is 4.79 Å². The minimum Gasteiger partial charge on any atom is -0.358 e. The van der Waals surface area contributed by atoms with E-state index in [-0.39, 0.29) is 11.8 Å². The molecule has 4 heteroatoms. The topological polar surface area (TPSA) is 62.1 Å². The maximum absolute atomic E-state index is 12.1. The van der Waals surface area contributed by atoms with Crippen LogP contribution in [-0.2, 0) is 11.3 Å². The van der Waals surface area contributed by atoms with Crippen molar-refractivity contribution in [3.63, 3.8) is 0 Å². The Hall–Kier alpha value is -1.81. The van der Waals surface area contributed by atoms with Crippen LogP contribution in [-0.4, -0.2) is 29.4 Å². The normalized spacial score (nSPS) is 12.6. The number of carbonyl (C=O) groups excluding carboxylic acids is 1. The summed E-state index contributed by atoms with van der Waals surface area (Å²) in [6.45, 7) is 4.90. The van der Waals surface area contributed by atoms with Crippen LogP contribution in [0.5, 0.6) is 0 Å². The number of nitrogens with one attached hydrogen (secondary N) is 1. The van der Waals surface area contributed by atoms with Crippen LogP contribution in [0.3, 0.4) is 0 Å². The van der Waals surface area contributed by atoms with Gasteiger partial charge in [0.25, 0.3) is 0 Å². The summed E-state index contributed by atoms with van der Waals surface area (Å²) in [5.41, 5.74) is 8.95. The van der Waals surface area contributed by atoms with Crippen molar-refractivity contribution in [3.05, 3.63) is 35.5 Å². The number of H-pyrrole nitrogens is 1. The molecule has 19 heavy (non-hydrogen) atoms. The second kappa shape index (κ2) is 5.45. The molecule has 2 aromatic rings. The predicted molar refractivity (Wildman–Crippen MR) is 77.7 cm³/mol. The van der Waals surface area contributed by atoms with Crippen molar-refractivity contribution in [1.29, 1.82) is 0 Å². The predicted octanol–water partition coefficient (Wildman–Crippen LogP) is 2.03. The molecule has 0 saturated carbocycles. The SMILES string of the molecule is Cc1[nH]c2ccccc2c1CN(C)C(=O)C(C)CN. The fraction of sp³-hybridized carbons (Fsp3) is 0.400. The Labute approximate surface area is 113 Å². The first-order valence-corrected chi connectivity index (χ1v) is 6.55. The van der Waals surface area contributed by atoms with Crippen molar-refractivity contribution in [1.82, 2.24) is 9.88 Å². The quantitative estimate of drug-likeness (QED) is 0.882. The van der Waals surface area contributed by atoms with Crippen molar-refractivity contribution in [3.8, 4) is 0 Å². The first kappa shape index (κ1) is 13.6. The Bertz CT molecular complexity index is 588. The number of para-hydroxylation sites is 1. The number of aromatic nitrogens is 1. The molecule has 0 radical (unpaired) electrons. The fourth-order valence-corrected chi connectivity index (χ4v) is 2.33. The molecule has 4 nitrogen and oxygen atoms in total. The maximum Gasteiger partial charge on any atom is 0.226 e. The van der Waals surface area contributed by atoms with Crippen LogP contribution in [0.4, 0.5) is 0 Å². The van der Waals surface area contributed by atoms with Crippen molar-refractivity contribution in [2.45, 2.75) is 20.4 Å². The van der Waals surface area contributed by atoms with E-state index in [9.17, 15) is 4.79 Å². The van der Waals surface area contributed by atoms with Gasteiger partial charge in [-0.15, -0.1) is 0 Å². The van der Waals surface area contributed by atoms with Crippen LogP contribution in [0.15, 0.2) is 24.3 Å². The summed E-state index contributed by atoms with van der Waals surface area (Å²) >= 11 is 0. The number of benzene rings is 1. The van der Waals surface area contributed by atoms with Crippen LogP contribution in [0, 0.1) is 12.8 Å². The second-order valence-corrected chi connectivity index (χ2v) is 5.11. The van der Waals surface area contributed by atoms with E-state index in [0.29, 0.717) is 13.1 Å². The zero-order valence-corrected chi connectivity index (χ0v) is 11.7. The van der Waals surface area contributed by atoms with Crippen molar-refractivity contribution in [2.24, 2.45) is 11.7 Å². The number of aromatic amines is 1. The lowest BCUT2D eigenvalue weighted by atomic mass is 10.1. The highest BCUT2D eigenvalue weighted by atomic mass is 16.2. The largest absolute Gasteiger partial charge is 0.358 e. The van der Waals surface area contributed by atoms with Gasteiger partial charge in [0.15, 0.2) is 0 Å². The van der Waals surface area contributed by atoms with Gasteiger partial charge in [0.2, 0.25) is 5.91 Å². The molecule has 0 aliphatic rings. The van der Waals surface area contributed by atoms with Gasteiger partial charge in [-0.2, -0.15) is 0 Å². The Morgan fingerprint density at radius 1 is 1.42 bits per heavy atom. The van der Waals surface area contributed by atoms with E-state index in [1.807, 2.05) is 33.0 Å². The first-order valence-electron chi connectivity index (χ1n) is 6.55. The molecule has 0 aliphatic heterocycles. The van der Waals surface area contributed by atoms with Gasteiger partial charge in [0.05, 0.1) is 0 Å². The lowest BCUT2D eigenvalue weighted by Crippen LogP contribution is -2.34. The molecule has 1 aromatic carbocycles. The molecule has 3 N–H and O–H groups in total. The lowest BCUT2D eigenvalue weighted by Gasteiger charge is -2.20. The van der Waals surface area contributed by atoms with Crippen LogP contribution < -0.4 is 5.73 Å². The molecule has 102 valence electrons. The van der Waals surface area contributed by atoms with E-state index in [1.54, 1.807) is 4.90 Å². The molecule has 0 aliphatic carbocycles. The van der Waals surface area contributed by atoms with E-state index < -0.39 is 0 Å². The molecule has 1 heterocycles. The molecule has 1 atom stereocenters. The number of nitrogens with zero attached hydrogens (tertiary/aromatic N) is 1. The third kappa shape index (κ3) is 2.63. The molecule has 0 saturated heterocycles. The summed E-state index contributed by atoms with van der Waals surface area (Å²) in [7, 11) is 1.83. The Balaban J connectivity index is 2.26. The number of aryl methyl sites for hydroxylation is 1. The molecule has 0 bridgehead atoms. The molecule has 0 fully saturated rings. The summed E-state index contributed by atoms with van der Waals surface area (Å²) in [6, 6.07) is 8.16. The van der Waals surface area contributed by atoms with Crippen LogP contribution in [0.2, 0.25) is 0 Å². The molecule has 1 unspecified atom stereocenters. The average molecular weight is 259 g/mol. The lowest BCUT2D eigenvalue weighted by molar-refractivity contribution is -0.133. The highest BCUT2D eigenvalue weighted by molar-refractivity contribution is 5.85. The number of fused-ring (bicyclic) bond motifs is 1. The van der Waals surface area contributed by atoms with Crippen LogP contribution in [0.1, 0.15) is 18.2 Å². The highest BCUT2D eigenvalue weighted by Gasteiger charge is 2.18. The fourth-order valence-electron chi connectivity index (χ4n) is 2.33. The van der Waals surface area contributed by atoms with Gasteiger partial charge in [0, 0.05) is 42.7 Å². The smallest absolute Gasteiger partial charge is 0.226 e. The molecular weight excluding hydrogens is 238 g/mol. The molecule has 2 rings (SSSR count). The van der Waals surface area contributed by atoms with Gasteiger partial charge in [0.1, 0.15) is 0 Å². The van der Waals surface area contributed by atoms with Crippen LogP contribution >= 0.6 is 0 Å².